The van der Waals surface area contributed by atoms with Crippen molar-refractivity contribution < 1.29 is 0 Å². The highest BCUT2D eigenvalue weighted by Gasteiger charge is 2.17. The van der Waals surface area contributed by atoms with Gasteiger partial charge in [-0.3, -0.25) is 0 Å². The molecule has 0 aromatic heterocycles. The van der Waals surface area contributed by atoms with Crippen LogP contribution in [-0.2, 0) is 0 Å². The maximum atomic E-state index is 2.34. The topological polar surface area (TPSA) is 6.48 Å². The first-order chi connectivity index (χ1) is 29.8. The zero-order valence-electron chi connectivity index (χ0n) is 33.1. The molecule has 10 rings (SSSR count). The van der Waals surface area contributed by atoms with Crippen LogP contribution in [0.4, 0.5) is 34.1 Å². The normalized spacial score (nSPS) is 11.0. The van der Waals surface area contributed by atoms with Crippen molar-refractivity contribution in [1.82, 2.24) is 0 Å². The standard InChI is InChI=1S/C58H42N2/c1-5-17-43(18-6-1)48-23-13-29-54(41-48)59(50-25-9-3-10-26-50)52-37-33-45(34-38-52)56-31-15-21-47-22-16-32-57(58(47)56)46-35-39-53(40-36-46)60(51-27-11-4-12-28-51)55-30-14-24-49(42-55)44-19-7-2-8-20-44/h1-42H. The van der Waals surface area contributed by atoms with Crippen molar-refractivity contribution in [3.63, 3.8) is 0 Å². The molecule has 0 aliphatic carbocycles. The molecule has 10 aromatic carbocycles. The molecule has 0 saturated heterocycles. The predicted octanol–water partition coefficient (Wildman–Crippen LogP) is 16.4. The zero-order valence-corrected chi connectivity index (χ0v) is 33.1. The molecule has 0 radical (unpaired) electrons. The largest absolute Gasteiger partial charge is 0.310 e. The van der Waals surface area contributed by atoms with Gasteiger partial charge < -0.3 is 9.80 Å². The minimum Gasteiger partial charge on any atom is -0.310 e. The summed E-state index contributed by atoms with van der Waals surface area (Å²) in [5.74, 6) is 0. The molecule has 0 unspecified atom stereocenters. The van der Waals surface area contributed by atoms with Gasteiger partial charge in [0.2, 0.25) is 0 Å². The van der Waals surface area contributed by atoms with Crippen LogP contribution in [0.1, 0.15) is 0 Å². The van der Waals surface area contributed by atoms with Crippen molar-refractivity contribution in [1.29, 1.82) is 0 Å². The second-order valence-electron chi connectivity index (χ2n) is 15.0. The summed E-state index contributed by atoms with van der Waals surface area (Å²) in [5, 5.41) is 2.46. The molecule has 284 valence electrons. The van der Waals surface area contributed by atoms with Crippen LogP contribution in [0, 0.1) is 0 Å². The molecule has 0 N–H and O–H groups in total. The van der Waals surface area contributed by atoms with Crippen molar-refractivity contribution in [2.24, 2.45) is 0 Å². The molecular weight excluding hydrogens is 725 g/mol. The number of para-hydroxylation sites is 2. The van der Waals surface area contributed by atoms with Gasteiger partial charge in [-0.05, 0) is 128 Å². The summed E-state index contributed by atoms with van der Waals surface area (Å²) in [7, 11) is 0. The average molecular weight is 767 g/mol. The number of nitrogens with zero attached hydrogens (tertiary/aromatic N) is 2. The number of fused-ring (bicyclic) bond motifs is 1. The van der Waals surface area contributed by atoms with Gasteiger partial charge in [0.05, 0.1) is 0 Å². The van der Waals surface area contributed by atoms with Crippen molar-refractivity contribution in [2.45, 2.75) is 0 Å². The lowest BCUT2D eigenvalue weighted by Gasteiger charge is -2.26. The van der Waals surface area contributed by atoms with E-state index in [0.717, 1.165) is 34.1 Å². The Bertz CT molecular complexity index is 2790. The average Bonchev–Trinajstić information content (AvgIpc) is 3.33. The van der Waals surface area contributed by atoms with Crippen LogP contribution >= 0.6 is 0 Å². The van der Waals surface area contributed by atoms with Crippen molar-refractivity contribution in [3.05, 3.63) is 255 Å². The van der Waals surface area contributed by atoms with E-state index in [0.29, 0.717) is 0 Å². The van der Waals surface area contributed by atoms with Crippen LogP contribution in [-0.4, -0.2) is 0 Å². The van der Waals surface area contributed by atoms with E-state index in [2.05, 4.69) is 265 Å². The molecule has 0 amide bonds. The summed E-state index contributed by atoms with van der Waals surface area (Å²) in [5.41, 5.74) is 16.2. The number of hydrogen-bond donors (Lipinski definition) is 0. The molecular formula is C58H42N2. The van der Waals surface area contributed by atoms with E-state index < -0.39 is 0 Å². The third-order valence-corrected chi connectivity index (χ3v) is 11.2. The highest BCUT2D eigenvalue weighted by atomic mass is 15.1. The first kappa shape index (κ1) is 36.4. The summed E-state index contributed by atoms with van der Waals surface area (Å²) in [6.07, 6.45) is 0. The SMILES string of the molecule is c1ccc(-c2cccc(N(c3ccccc3)c3ccc(-c4cccc5cccc(-c6ccc(N(c7ccccc7)c7cccc(-c8ccccc8)c7)cc6)c45)cc3)c2)cc1. The molecule has 60 heavy (non-hydrogen) atoms. The van der Waals surface area contributed by atoms with Gasteiger partial charge in [-0.15, -0.1) is 0 Å². The van der Waals surface area contributed by atoms with Gasteiger partial charge in [0.25, 0.3) is 0 Å². The maximum absolute atomic E-state index is 2.34. The lowest BCUT2D eigenvalue weighted by atomic mass is 9.91. The fourth-order valence-corrected chi connectivity index (χ4v) is 8.36. The fourth-order valence-electron chi connectivity index (χ4n) is 8.36. The third-order valence-electron chi connectivity index (χ3n) is 11.2. The zero-order chi connectivity index (χ0) is 40.1. The van der Waals surface area contributed by atoms with Crippen LogP contribution in [0.5, 0.6) is 0 Å². The molecule has 0 fully saturated rings. The van der Waals surface area contributed by atoms with Gasteiger partial charge in [0.1, 0.15) is 0 Å². The highest BCUT2D eigenvalue weighted by Crippen LogP contribution is 2.42. The van der Waals surface area contributed by atoms with E-state index in [4.69, 9.17) is 0 Å². The minimum atomic E-state index is 1.10. The van der Waals surface area contributed by atoms with Crippen molar-refractivity contribution >= 4 is 44.9 Å². The second kappa shape index (κ2) is 16.5. The Kier molecular flexibility index (Phi) is 10.0. The monoisotopic (exact) mass is 766 g/mol. The number of hydrogen-bond acceptors (Lipinski definition) is 2. The highest BCUT2D eigenvalue weighted by molar-refractivity contribution is 6.06. The Balaban J connectivity index is 1.01. The molecule has 0 atom stereocenters. The summed E-state index contributed by atoms with van der Waals surface area (Å²) in [6.45, 7) is 0. The Morgan fingerprint density at radius 3 is 0.917 bits per heavy atom. The molecule has 0 spiro atoms. The molecule has 10 aromatic rings. The predicted molar refractivity (Wildman–Crippen MR) is 255 cm³/mol. The van der Waals surface area contributed by atoms with Crippen LogP contribution < -0.4 is 9.80 Å². The summed E-state index contributed by atoms with van der Waals surface area (Å²) < 4.78 is 0. The maximum Gasteiger partial charge on any atom is 0.0467 e. The summed E-state index contributed by atoms with van der Waals surface area (Å²) >= 11 is 0. The Morgan fingerprint density at radius 1 is 0.200 bits per heavy atom. The van der Waals surface area contributed by atoms with Gasteiger partial charge in [-0.25, -0.2) is 0 Å². The molecule has 0 saturated carbocycles. The molecule has 0 aliphatic heterocycles. The van der Waals surface area contributed by atoms with Gasteiger partial charge >= 0.3 is 0 Å². The van der Waals surface area contributed by atoms with E-state index in [1.807, 2.05) is 0 Å². The van der Waals surface area contributed by atoms with Gasteiger partial charge in [-0.2, -0.15) is 0 Å². The van der Waals surface area contributed by atoms with Crippen molar-refractivity contribution in [3.8, 4) is 44.5 Å². The number of anilines is 6. The van der Waals surface area contributed by atoms with Crippen LogP contribution in [0.2, 0.25) is 0 Å². The van der Waals surface area contributed by atoms with E-state index in [1.54, 1.807) is 0 Å². The van der Waals surface area contributed by atoms with Crippen LogP contribution in [0.15, 0.2) is 255 Å². The lowest BCUT2D eigenvalue weighted by Crippen LogP contribution is -2.09. The Hall–Kier alpha value is -7.94. The molecule has 0 bridgehead atoms. The van der Waals surface area contributed by atoms with E-state index in [9.17, 15) is 0 Å². The number of rotatable bonds is 10. The van der Waals surface area contributed by atoms with E-state index in [1.165, 1.54) is 55.3 Å². The first-order valence-electron chi connectivity index (χ1n) is 20.5. The van der Waals surface area contributed by atoms with E-state index >= 15 is 0 Å². The third kappa shape index (κ3) is 7.35. The van der Waals surface area contributed by atoms with Gasteiger partial charge in [0, 0.05) is 34.1 Å². The first-order valence-corrected chi connectivity index (χ1v) is 20.5. The summed E-state index contributed by atoms with van der Waals surface area (Å²) in [6, 6.07) is 91.4. The van der Waals surface area contributed by atoms with Crippen LogP contribution in [0.25, 0.3) is 55.3 Å². The van der Waals surface area contributed by atoms with Gasteiger partial charge in [-0.1, -0.05) is 182 Å². The molecule has 2 heteroatoms. The van der Waals surface area contributed by atoms with Crippen LogP contribution in [0.3, 0.4) is 0 Å². The Labute approximate surface area is 352 Å². The quantitative estimate of drug-likeness (QED) is 0.137. The van der Waals surface area contributed by atoms with E-state index in [-0.39, 0.29) is 0 Å². The fraction of sp³-hybridized carbons (Fsp3) is 0. The summed E-state index contributed by atoms with van der Waals surface area (Å²) in [4.78, 5) is 4.67. The second-order valence-corrected chi connectivity index (χ2v) is 15.0. The number of benzene rings is 10. The minimum absolute atomic E-state index is 1.10. The van der Waals surface area contributed by atoms with Crippen molar-refractivity contribution in [2.75, 3.05) is 9.80 Å². The molecule has 2 nitrogen and oxygen atoms in total. The van der Waals surface area contributed by atoms with Gasteiger partial charge in [0.15, 0.2) is 0 Å². The molecule has 0 heterocycles. The Morgan fingerprint density at radius 2 is 0.517 bits per heavy atom. The molecule has 0 aliphatic rings. The lowest BCUT2D eigenvalue weighted by molar-refractivity contribution is 1.28. The smallest absolute Gasteiger partial charge is 0.0467 e.